The molecule has 1 aromatic heterocycles. The van der Waals surface area contributed by atoms with E-state index in [1.807, 2.05) is 0 Å². The van der Waals surface area contributed by atoms with E-state index in [1.165, 1.54) is 23.5 Å². The highest BCUT2D eigenvalue weighted by atomic mass is 35.5. The number of aliphatic imine (C=N–C) groups is 1. The maximum Gasteiger partial charge on any atom is 0.338 e. The van der Waals surface area contributed by atoms with E-state index in [0.29, 0.717) is 22.1 Å². The van der Waals surface area contributed by atoms with Gasteiger partial charge in [0.15, 0.2) is 10.8 Å². The Bertz CT molecular complexity index is 1070. The second-order valence-electron chi connectivity index (χ2n) is 7.80. The van der Waals surface area contributed by atoms with Crippen molar-refractivity contribution >= 4 is 34.7 Å². The first-order valence-corrected chi connectivity index (χ1v) is 11.8. The first-order valence-electron chi connectivity index (χ1n) is 10.5. The SMILES string of the molecule is CCOC(=O)C1=C(CN2CC(O)CC(F)C2)NC(c2nccs2)=NC1c1ccc(F)cc1Cl. The van der Waals surface area contributed by atoms with E-state index in [4.69, 9.17) is 16.3 Å². The average molecular weight is 497 g/mol. The van der Waals surface area contributed by atoms with Crippen molar-refractivity contribution < 1.29 is 23.4 Å². The van der Waals surface area contributed by atoms with Gasteiger partial charge in [-0.25, -0.2) is 18.6 Å². The molecule has 2 N–H and O–H groups in total. The van der Waals surface area contributed by atoms with Crippen molar-refractivity contribution in [1.29, 1.82) is 0 Å². The summed E-state index contributed by atoms with van der Waals surface area (Å²) in [5, 5.41) is 15.7. The van der Waals surface area contributed by atoms with E-state index in [-0.39, 0.29) is 43.3 Å². The molecule has 11 heteroatoms. The van der Waals surface area contributed by atoms with Crippen molar-refractivity contribution in [2.24, 2.45) is 4.99 Å². The molecule has 2 aromatic rings. The van der Waals surface area contributed by atoms with E-state index >= 15 is 0 Å². The van der Waals surface area contributed by atoms with Crippen LogP contribution in [0.25, 0.3) is 0 Å². The molecule has 7 nitrogen and oxygen atoms in total. The molecule has 176 valence electrons. The molecule has 1 fully saturated rings. The number of ether oxygens (including phenoxy) is 1. The second-order valence-corrected chi connectivity index (χ2v) is 9.10. The third-order valence-corrected chi connectivity index (χ3v) is 6.46. The molecule has 33 heavy (non-hydrogen) atoms. The van der Waals surface area contributed by atoms with Crippen LogP contribution in [0.4, 0.5) is 8.78 Å². The van der Waals surface area contributed by atoms with Crippen molar-refractivity contribution in [3.63, 3.8) is 0 Å². The Kier molecular flexibility index (Phi) is 7.38. The number of hydrogen-bond donors (Lipinski definition) is 2. The standard InChI is InChI=1S/C22H23ClF2N4O3S/c1-2-32-22(31)18-17(11-29-9-13(25)7-14(30)10-29)27-20(21-26-5-6-33-21)28-19(18)15-4-3-12(24)8-16(15)23/h3-6,8,13-14,19,30H,2,7,9-11H2,1H3,(H,27,28). The van der Waals surface area contributed by atoms with Crippen molar-refractivity contribution in [3.05, 3.63) is 62.5 Å². The van der Waals surface area contributed by atoms with Crippen LogP contribution in [-0.4, -0.2) is 65.3 Å². The van der Waals surface area contributed by atoms with Gasteiger partial charge in [-0.3, -0.25) is 9.89 Å². The van der Waals surface area contributed by atoms with Crippen LogP contribution in [0.3, 0.4) is 0 Å². The van der Waals surface area contributed by atoms with Gasteiger partial charge in [-0.05, 0) is 19.1 Å². The summed E-state index contributed by atoms with van der Waals surface area (Å²) in [5.74, 6) is -0.713. The number of aliphatic hydroxyl groups is 1. The maximum atomic E-state index is 14.1. The minimum Gasteiger partial charge on any atom is -0.463 e. The number of esters is 1. The number of likely N-dealkylation sites (tertiary alicyclic amines) is 1. The molecule has 0 amide bonds. The molecule has 2 aliphatic rings. The molecular formula is C22H23ClF2N4O3S. The highest BCUT2D eigenvalue weighted by Crippen LogP contribution is 2.37. The Morgan fingerprint density at radius 1 is 1.42 bits per heavy atom. The van der Waals surface area contributed by atoms with Crippen LogP contribution in [0.2, 0.25) is 5.02 Å². The fourth-order valence-electron chi connectivity index (χ4n) is 4.02. The van der Waals surface area contributed by atoms with E-state index in [1.54, 1.807) is 23.4 Å². The van der Waals surface area contributed by atoms with Gasteiger partial charge in [0.05, 0.1) is 18.3 Å². The quantitative estimate of drug-likeness (QED) is 0.597. The molecule has 3 unspecified atom stereocenters. The molecule has 0 aliphatic carbocycles. The maximum absolute atomic E-state index is 14.1. The smallest absolute Gasteiger partial charge is 0.338 e. The van der Waals surface area contributed by atoms with Crippen LogP contribution >= 0.6 is 22.9 Å². The number of carbonyl (C=O) groups is 1. The number of hydrogen-bond acceptors (Lipinski definition) is 8. The lowest BCUT2D eigenvalue weighted by molar-refractivity contribution is -0.139. The summed E-state index contributed by atoms with van der Waals surface area (Å²) in [6.07, 6.45) is -0.284. The van der Waals surface area contributed by atoms with E-state index in [2.05, 4.69) is 15.3 Å². The van der Waals surface area contributed by atoms with Crippen LogP contribution in [0.15, 0.2) is 46.0 Å². The van der Waals surface area contributed by atoms with Gasteiger partial charge < -0.3 is 15.2 Å². The summed E-state index contributed by atoms with van der Waals surface area (Å²) in [6.45, 7) is 2.34. The van der Waals surface area contributed by atoms with Crippen LogP contribution in [-0.2, 0) is 9.53 Å². The van der Waals surface area contributed by atoms with Crippen molar-refractivity contribution in [1.82, 2.24) is 15.2 Å². The van der Waals surface area contributed by atoms with Gasteiger partial charge in [-0.1, -0.05) is 17.7 Å². The van der Waals surface area contributed by atoms with Gasteiger partial charge in [0, 0.05) is 53.9 Å². The van der Waals surface area contributed by atoms with Crippen molar-refractivity contribution in [2.75, 3.05) is 26.2 Å². The summed E-state index contributed by atoms with van der Waals surface area (Å²) in [4.78, 5) is 23.8. The number of thiazole rings is 1. The fourth-order valence-corrected chi connectivity index (χ4v) is 4.87. The zero-order chi connectivity index (χ0) is 23.5. The number of nitrogens with zero attached hydrogens (tertiary/aromatic N) is 3. The van der Waals surface area contributed by atoms with Crippen LogP contribution in [0.1, 0.15) is 30.0 Å². The number of nitrogens with one attached hydrogen (secondary N) is 1. The molecule has 0 saturated carbocycles. The lowest BCUT2D eigenvalue weighted by Crippen LogP contribution is -2.47. The molecular weight excluding hydrogens is 474 g/mol. The molecule has 1 saturated heterocycles. The monoisotopic (exact) mass is 496 g/mol. The average Bonchev–Trinajstić information content (AvgIpc) is 3.27. The number of benzene rings is 1. The Morgan fingerprint density at radius 3 is 2.91 bits per heavy atom. The number of halogens is 3. The zero-order valence-electron chi connectivity index (χ0n) is 17.8. The van der Waals surface area contributed by atoms with E-state index in [9.17, 15) is 18.7 Å². The van der Waals surface area contributed by atoms with E-state index < -0.39 is 30.1 Å². The molecule has 0 bridgehead atoms. The van der Waals surface area contributed by atoms with Gasteiger partial charge >= 0.3 is 5.97 Å². The lowest BCUT2D eigenvalue weighted by Gasteiger charge is -2.35. The Hall–Kier alpha value is -2.40. The summed E-state index contributed by atoms with van der Waals surface area (Å²) >= 11 is 7.70. The number of carbonyl (C=O) groups excluding carboxylic acids is 1. The normalized spacial score (nSPS) is 23.8. The Labute approximate surface area is 198 Å². The van der Waals surface area contributed by atoms with Crippen molar-refractivity contribution in [3.8, 4) is 0 Å². The summed E-state index contributed by atoms with van der Waals surface area (Å²) < 4.78 is 33.2. The molecule has 0 radical (unpaired) electrons. The molecule has 3 atom stereocenters. The molecule has 2 aliphatic heterocycles. The number of β-amino-alcohol motifs (C(OH)–C–C–N with tert-alkyl or cyclic N) is 1. The summed E-state index contributed by atoms with van der Waals surface area (Å²) in [5.41, 5.74) is 1.07. The van der Waals surface area contributed by atoms with E-state index in [0.717, 1.165) is 6.07 Å². The molecule has 0 spiro atoms. The summed E-state index contributed by atoms with van der Waals surface area (Å²) in [6, 6.07) is 3.01. The highest BCUT2D eigenvalue weighted by molar-refractivity contribution is 7.11. The number of amidine groups is 1. The van der Waals surface area contributed by atoms with Gasteiger partial charge in [0.1, 0.15) is 18.0 Å². The first-order chi connectivity index (χ1) is 15.9. The van der Waals surface area contributed by atoms with Crippen LogP contribution in [0, 0.1) is 5.82 Å². The third-order valence-electron chi connectivity index (χ3n) is 5.35. The predicted molar refractivity (Wildman–Crippen MR) is 122 cm³/mol. The number of piperidine rings is 1. The molecule has 3 heterocycles. The fraction of sp³-hybridized carbons (Fsp3) is 0.409. The minimum absolute atomic E-state index is 0.0767. The van der Waals surface area contributed by atoms with Crippen molar-refractivity contribution in [2.45, 2.75) is 31.7 Å². The van der Waals surface area contributed by atoms with Gasteiger partial charge in [0.25, 0.3) is 0 Å². The topological polar surface area (TPSA) is 87.0 Å². The first kappa shape index (κ1) is 23.7. The number of aliphatic hydroxyl groups excluding tert-OH is 1. The number of rotatable bonds is 6. The highest BCUT2D eigenvalue weighted by Gasteiger charge is 2.36. The molecule has 4 rings (SSSR count). The van der Waals surface area contributed by atoms with Crippen LogP contribution in [0.5, 0.6) is 0 Å². The largest absolute Gasteiger partial charge is 0.463 e. The lowest BCUT2D eigenvalue weighted by atomic mass is 9.94. The van der Waals surface area contributed by atoms with Gasteiger partial charge in [-0.15, -0.1) is 11.3 Å². The minimum atomic E-state index is -1.18. The van der Waals surface area contributed by atoms with Crippen LogP contribution < -0.4 is 5.32 Å². The Morgan fingerprint density at radius 2 is 2.24 bits per heavy atom. The zero-order valence-corrected chi connectivity index (χ0v) is 19.4. The van der Waals surface area contributed by atoms with Gasteiger partial charge in [0.2, 0.25) is 0 Å². The van der Waals surface area contributed by atoms with Gasteiger partial charge in [-0.2, -0.15) is 0 Å². The molecule has 1 aromatic carbocycles. The number of aromatic nitrogens is 1. The second kappa shape index (κ2) is 10.3. The summed E-state index contributed by atoms with van der Waals surface area (Å²) in [7, 11) is 0. The predicted octanol–water partition coefficient (Wildman–Crippen LogP) is 3.25. The number of alkyl halides is 1. The Balaban J connectivity index is 1.81. The third kappa shape index (κ3) is 5.40.